The molecule has 1 aromatic rings. The van der Waals surface area contributed by atoms with Crippen LogP contribution in [0.4, 0.5) is 5.69 Å². The van der Waals surface area contributed by atoms with E-state index in [1.165, 1.54) is 0 Å². The van der Waals surface area contributed by atoms with Gasteiger partial charge in [-0.25, -0.2) is 0 Å². The van der Waals surface area contributed by atoms with Crippen LogP contribution in [0.15, 0.2) is 18.2 Å². The van der Waals surface area contributed by atoms with Crippen molar-refractivity contribution in [1.82, 2.24) is 4.90 Å². The van der Waals surface area contributed by atoms with Gasteiger partial charge < -0.3 is 10.4 Å². The Morgan fingerprint density at radius 1 is 1.44 bits per heavy atom. The van der Waals surface area contributed by atoms with E-state index in [1.54, 1.807) is 4.90 Å². The minimum atomic E-state index is -0.0463. The summed E-state index contributed by atoms with van der Waals surface area (Å²) in [6.45, 7) is 4.92. The fraction of sp³-hybridized carbons (Fsp3) is 0.500. The molecule has 0 spiro atoms. The van der Waals surface area contributed by atoms with Crippen molar-refractivity contribution in [2.24, 2.45) is 0 Å². The first kappa shape index (κ1) is 14.7. The number of hydrogen-bond acceptors (Lipinski definition) is 3. The van der Waals surface area contributed by atoms with E-state index in [-0.39, 0.29) is 19.1 Å². The van der Waals surface area contributed by atoms with Gasteiger partial charge in [0, 0.05) is 12.2 Å². The molecule has 100 valence electrons. The maximum absolute atomic E-state index is 11.9. The van der Waals surface area contributed by atoms with Gasteiger partial charge in [0.1, 0.15) is 0 Å². The molecule has 0 aliphatic heterocycles. The number of carbonyl (C=O) groups is 1. The molecule has 4 heteroatoms. The molecule has 0 bridgehead atoms. The molecular weight excluding hydrogens is 228 g/mol. The van der Waals surface area contributed by atoms with E-state index in [0.717, 1.165) is 23.2 Å². The Labute approximate surface area is 109 Å². The van der Waals surface area contributed by atoms with Crippen LogP contribution < -0.4 is 5.32 Å². The fourth-order valence-corrected chi connectivity index (χ4v) is 1.88. The summed E-state index contributed by atoms with van der Waals surface area (Å²) in [7, 11) is 1.81. The fourth-order valence-electron chi connectivity index (χ4n) is 1.88. The average molecular weight is 250 g/mol. The van der Waals surface area contributed by atoms with Gasteiger partial charge >= 0.3 is 0 Å². The van der Waals surface area contributed by atoms with Gasteiger partial charge in [-0.3, -0.25) is 9.69 Å². The predicted octanol–water partition coefficient (Wildman–Crippen LogP) is 1.42. The Bertz CT molecular complexity index is 405. The maximum Gasteiger partial charge on any atom is 0.238 e. The molecule has 0 radical (unpaired) electrons. The molecule has 0 heterocycles. The molecule has 0 aliphatic rings. The molecule has 18 heavy (non-hydrogen) atoms. The number of benzene rings is 1. The number of nitrogens with one attached hydrogen (secondary N) is 1. The molecule has 1 rings (SSSR count). The molecular formula is C14H22N2O2. The number of para-hydroxylation sites is 1. The number of aliphatic hydroxyl groups is 1. The van der Waals surface area contributed by atoms with E-state index in [9.17, 15) is 4.79 Å². The number of aryl methyl sites for hydroxylation is 2. The first-order chi connectivity index (χ1) is 8.58. The number of nitrogens with zero attached hydrogens (tertiary/aromatic N) is 1. The largest absolute Gasteiger partial charge is 0.395 e. The van der Waals surface area contributed by atoms with Crippen molar-refractivity contribution in [2.45, 2.75) is 20.3 Å². The summed E-state index contributed by atoms with van der Waals surface area (Å²) in [5, 5.41) is 11.7. The van der Waals surface area contributed by atoms with Gasteiger partial charge in [-0.1, -0.05) is 25.1 Å². The second kappa shape index (κ2) is 7.13. The summed E-state index contributed by atoms with van der Waals surface area (Å²) in [5.41, 5.74) is 3.14. The Kier molecular flexibility index (Phi) is 5.82. The van der Waals surface area contributed by atoms with E-state index in [4.69, 9.17) is 5.11 Å². The highest BCUT2D eigenvalue weighted by Gasteiger charge is 2.10. The zero-order chi connectivity index (χ0) is 13.5. The molecule has 0 aliphatic carbocycles. The van der Waals surface area contributed by atoms with Crippen molar-refractivity contribution in [3.05, 3.63) is 29.3 Å². The number of likely N-dealkylation sites (N-methyl/N-ethyl adjacent to an activating group) is 1. The normalized spacial score (nSPS) is 10.7. The van der Waals surface area contributed by atoms with Crippen LogP contribution in [-0.4, -0.2) is 42.7 Å². The molecule has 2 N–H and O–H groups in total. The number of rotatable bonds is 6. The lowest BCUT2D eigenvalue weighted by Crippen LogP contribution is -2.32. The molecule has 1 aromatic carbocycles. The summed E-state index contributed by atoms with van der Waals surface area (Å²) >= 11 is 0. The number of carbonyl (C=O) groups excluding carboxylic acids is 1. The average Bonchev–Trinajstić information content (AvgIpc) is 2.31. The molecule has 1 amide bonds. The SMILES string of the molecule is CCc1cccc(C)c1NC(=O)CN(C)CCO. The summed E-state index contributed by atoms with van der Waals surface area (Å²) in [6, 6.07) is 6.02. The van der Waals surface area contributed by atoms with Gasteiger partial charge in [-0.15, -0.1) is 0 Å². The van der Waals surface area contributed by atoms with Crippen LogP contribution in [-0.2, 0) is 11.2 Å². The lowest BCUT2D eigenvalue weighted by Gasteiger charge is -2.17. The lowest BCUT2D eigenvalue weighted by atomic mass is 10.1. The highest BCUT2D eigenvalue weighted by atomic mass is 16.3. The minimum Gasteiger partial charge on any atom is -0.395 e. The molecule has 0 saturated heterocycles. The van der Waals surface area contributed by atoms with E-state index in [1.807, 2.05) is 32.2 Å². The molecule has 0 unspecified atom stereocenters. The second-order valence-electron chi connectivity index (χ2n) is 4.47. The van der Waals surface area contributed by atoms with Crippen molar-refractivity contribution in [2.75, 3.05) is 32.1 Å². The van der Waals surface area contributed by atoms with Gasteiger partial charge in [0.15, 0.2) is 0 Å². The third kappa shape index (κ3) is 4.13. The molecule has 0 fully saturated rings. The van der Waals surface area contributed by atoms with Crippen LogP contribution in [0.2, 0.25) is 0 Å². The second-order valence-corrected chi connectivity index (χ2v) is 4.47. The van der Waals surface area contributed by atoms with Gasteiger partial charge in [0.25, 0.3) is 0 Å². The lowest BCUT2D eigenvalue weighted by molar-refractivity contribution is -0.117. The van der Waals surface area contributed by atoms with E-state index in [2.05, 4.69) is 12.2 Å². The zero-order valence-electron chi connectivity index (χ0n) is 11.4. The van der Waals surface area contributed by atoms with Crippen molar-refractivity contribution >= 4 is 11.6 Å². The first-order valence-corrected chi connectivity index (χ1v) is 6.26. The Balaban J connectivity index is 2.69. The van der Waals surface area contributed by atoms with E-state index in [0.29, 0.717) is 6.54 Å². The van der Waals surface area contributed by atoms with Crippen molar-refractivity contribution < 1.29 is 9.90 Å². The van der Waals surface area contributed by atoms with Gasteiger partial charge in [0.05, 0.1) is 13.2 Å². The third-order valence-corrected chi connectivity index (χ3v) is 2.90. The topological polar surface area (TPSA) is 52.6 Å². The van der Waals surface area contributed by atoms with Gasteiger partial charge in [0.2, 0.25) is 5.91 Å². The molecule has 4 nitrogen and oxygen atoms in total. The van der Waals surface area contributed by atoms with Crippen LogP contribution in [0, 0.1) is 6.92 Å². The number of anilines is 1. The van der Waals surface area contributed by atoms with E-state index >= 15 is 0 Å². The molecule has 0 saturated carbocycles. The summed E-state index contributed by atoms with van der Waals surface area (Å²) < 4.78 is 0. The Hall–Kier alpha value is -1.39. The smallest absolute Gasteiger partial charge is 0.238 e. The van der Waals surface area contributed by atoms with Crippen molar-refractivity contribution in [1.29, 1.82) is 0 Å². The monoisotopic (exact) mass is 250 g/mol. The molecule has 0 aromatic heterocycles. The van der Waals surface area contributed by atoms with Gasteiger partial charge in [-0.05, 0) is 31.5 Å². The van der Waals surface area contributed by atoms with Crippen LogP contribution >= 0.6 is 0 Å². The van der Waals surface area contributed by atoms with Crippen molar-refractivity contribution in [3.63, 3.8) is 0 Å². The summed E-state index contributed by atoms with van der Waals surface area (Å²) in [6.07, 6.45) is 0.893. The van der Waals surface area contributed by atoms with E-state index < -0.39 is 0 Å². The van der Waals surface area contributed by atoms with Crippen molar-refractivity contribution in [3.8, 4) is 0 Å². The maximum atomic E-state index is 11.9. The summed E-state index contributed by atoms with van der Waals surface area (Å²) in [4.78, 5) is 13.7. The zero-order valence-corrected chi connectivity index (χ0v) is 11.4. The highest BCUT2D eigenvalue weighted by Crippen LogP contribution is 2.20. The Morgan fingerprint density at radius 2 is 2.17 bits per heavy atom. The minimum absolute atomic E-state index is 0.0463. The van der Waals surface area contributed by atoms with Crippen LogP contribution in [0.5, 0.6) is 0 Å². The standard InChI is InChI=1S/C14H22N2O2/c1-4-12-7-5-6-11(2)14(12)15-13(18)10-16(3)8-9-17/h5-7,17H,4,8-10H2,1-3H3,(H,15,18). The van der Waals surface area contributed by atoms with Crippen LogP contribution in [0.1, 0.15) is 18.1 Å². The van der Waals surface area contributed by atoms with Gasteiger partial charge in [-0.2, -0.15) is 0 Å². The molecule has 0 atom stereocenters. The number of hydrogen-bond donors (Lipinski definition) is 2. The quantitative estimate of drug-likeness (QED) is 0.803. The number of aliphatic hydroxyl groups excluding tert-OH is 1. The van der Waals surface area contributed by atoms with Crippen LogP contribution in [0.3, 0.4) is 0 Å². The summed E-state index contributed by atoms with van der Waals surface area (Å²) in [5.74, 6) is -0.0463. The first-order valence-electron chi connectivity index (χ1n) is 6.26. The van der Waals surface area contributed by atoms with Crippen LogP contribution in [0.25, 0.3) is 0 Å². The Morgan fingerprint density at radius 3 is 2.78 bits per heavy atom. The predicted molar refractivity (Wildman–Crippen MR) is 73.8 cm³/mol. The highest BCUT2D eigenvalue weighted by molar-refractivity contribution is 5.93. The third-order valence-electron chi connectivity index (χ3n) is 2.90. The number of amides is 1.